The van der Waals surface area contributed by atoms with Gasteiger partial charge in [0.25, 0.3) is 0 Å². The highest BCUT2D eigenvalue weighted by Crippen LogP contribution is 2.18. The Labute approximate surface area is 111 Å². The summed E-state index contributed by atoms with van der Waals surface area (Å²) in [6.07, 6.45) is 0.764. The number of hydrogen-bond donors (Lipinski definition) is 0. The number of benzene rings is 1. The van der Waals surface area contributed by atoms with Gasteiger partial charge in [0.15, 0.2) is 0 Å². The SMILES string of the molecule is COc1ccc(CCN2C[C@H](C(=O)[O-])CC2=O)cc1. The molecule has 102 valence electrons. The number of ether oxygens (including phenoxy) is 1. The lowest BCUT2D eigenvalue weighted by Crippen LogP contribution is -2.34. The van der Waals surface area contributed by atoms with E-state index in [1.165, 1.54) is 0 Å². The van der Waals surface area contributed by atoms with Gasteiger partial charge in [0, 0.05) is 31.4 Å². The van der Waals surface area contributed by atoms with Crippen LogP contribution in [-0.4, -0.2) is 37.0 Å². The molecule has 5 heteroatoms. The Hall–Kier alpha value is -2.04. The average molecular weight is 262 g/mol. The lowest BCUT2D eigenvalue weighted by atomic mass is 10.1. The lowest BCUT2D eigenvalue weighted by Gasteiger charge is -2.17. The number of carboxylic acids is 1. The number of nitrogens with zero attached hydrogens (tertiary/aromatic N) is 1. The molecular weight excluding hydrogens is 246 g/mol. The number of aliphatic carboxylic acids is 1. The molecule has 1 saturated heterocycles. The zero-order valence-electron chi connectivity index (χ0n) is 10.8. The summed E-state index contributed by atoms with van der Waals surface area (Å²) >= 11 is 0. The van der Waals surface area contributed by atoms with E-state index in [-0.39, 0.29) is 18.9 Å². The van der Waals surface area contributed by atoms with E-state index < -0.39 is 11.9 Å². The summed E-state index contributed by atoms with van der Waals surface area (Å²) in [4.78, 5) is 23.9. The van der Waals surface area contributed by atoms with Crippen LogP contribution in [-0.2, 0) is 16.0 Å². The van der Waals surface area contributed by atoms with Crippen molar-refractivity contribution in [2.75, 3.05) is 20.2 Å². The summed E-state index contributed by atoms with van der Waals surface area (Å²) in [6.45, 7) is 0.798. The number of amides is 1. The van der Waals surface area contributed by atoms with E-state index in [2.05, 4.69) is 0 Å². The second kappa shape index (κ2) is 5.73. The molecule has 0 aliphatic carbocycles. The molecule has 0 radical (unpaired) electrons. The molecule has 1 amide bonds. The van der Waals surface area contributed by atoms with Crippen LogP contribution >= 0.6 is 0 Å². The fraction of sp³-hybridized carbons (Fsp3) is 0.429. The number of carboxylic acid groups (broad SMARTS) is 1. The molecule has 0 bridgehead atoms. The van der Waals surface area contributed by atoms with Crippen molar-refractivity contribution in [3.63, 3.8) is 0 Å². The summed E-state index contributed by atoms with van der Waals surface area (Å²) in [7, 11) is 1.61. The highest BCUT2D eigenvalue weighted by molar-refractivity contribution is 5.85. The van der Waals surface area contributed by atoms with Gasteiger partial charge in [0.1, 0.15) is 5.75 Å². The smallest absolute Gasteiger partial charge is 0.223 e. The first-order valence-corrected chi connectivity index (χ1v) is 6.21. The van der Waals surface area contributed by atoms with Crippen molar-refractivity contribution in [3.8, 4) is 5.75 Å². The van der Waals surface area contributed by atoms with E-state index in [1.54, 1.807) is 12.0 Å². The fourth-order valence-corrected chi connectivity index (χ4v) is 2.20. The molecule has 1 aliphatic heterocycles. The van der Waals surface area contributed by atoms with Crippen LogP contribution in [0.15, 0.2) is 24.3 Å². The van der Waals surface area contributed by atoms with Gasteiger partial charge in [-0.05, 0) is 24.1 Å². The predicted octanol–water partition coefficient (Wildman–Crippen LogP) is -0.164. The minimum Gasteiger partial charge on any atom is -0.550 e. The Balaban J connectivity index is 1.88. The molecule has 0 spiro atoms. The quantitative estimate of drug-likeness (QED) is 0.739. The number of carbonyl (C=O) groups excluding carboxylic acids is 2. The van der Waals surface area contributed by atoms with Crippen molar-refractivity contribution in [1.82, 2.24) is 4.90 Å². The van der Waals surface area contributed by atoms with Crippen molar-refractivity contribution >= 4 is 11.9 Å². The molecule has 19 heavy (non-hydrogen) atoms. The van der Waals surface area contributed by atoms with Crippen LogP contribution < -0.4 is 9.84 Å². The van der Waals surface area contributed by atoms with Crippen LogP contribution in [0.5, 0.6) is 5.75 Å². The molecule has 1 aliphatic rings. The van der Waals surface area contributed by atoms with Gasteiger partial charge >= 0.3 is 0 Å². The first-order chi connectivity index (χ1) is 9.10. The van der Waals surface area contributed by atoms with Gasteiger partial charge in [-0.1, -0.05) is 12.1 Å². The van der Waals surface area contributed by atoms with Crippen LogP contribution in [0.4, 0.5) is 0 Å². The Morgan fingerprint density at radius 2 is 2.11 bits per heavy atom. The summed E-state index contributed by atoms with van der Waals surface area (Å²) in [6, 6.07) is 7.61. The van der Waals surface area contributed by atoms with E-state index in [0.717, 1.165) is 11.3 Å². The topological polar surface area (TPSA) is 69.7 Å². The zero-order chi connectivity index (χ0) is 13.8. The number of rotatable bonds is 5. The predicted molar refractivity (Wildman–Crippen MR) is 66.4 cm³/mol. The van der Waals surface area contributed by atoms with Crippen molar-refractivity contribution in [1.29, 1.82) is 0 Å². The second-order valence-electron chi connectivity index (χ2n) is 4.66. The molecule has 1 fully saturated rings. The first-order valence-electron chi connectivity index (χ1n) is 6.21. The Morgan fingerprint density at radius 3 is 2.63 bits per heavy atom. The number of hydrogen-bond acceptors (Lipinski definition) is 4. The van der Waals surface area contributed by atoms with Crippen molar-refractivity contribution in [2.24, 2.45) is 5.92 Å². The highest BCUT2D eigenvalue weighted by Gasteiger charge is 2.29. The molecule has 0 saturated carbocycles. The maximum absolute atomic E-state index is 11.6. The van der Waals surface area contributed by atoms with E-state index >= 15 is 0 Å². The maximum atomic E-state index is 11.6. The summed E-state index contributed by atoms with van der Waals surface area (Å²) < 4.78 is 5.07. The maximum Gasteiger partial charge on any atom is 0.223 e. The van der Waals surface area contributed by atoms with Crippen LogP contribution in [0.1, 0.15) is 12.0 Å². The lowest BCUT2D eigenvalue weighted by molar-refractivity contribution is -0.311. The van der Waals surface area contributed by atoms with Gasteiger partial charge in [-0.3, -0.25) is 4.79 Å². The zero-order valence-corrected chi connectivity index (χ0v) is 10.8. The van der Waals surface area contributed by atoms with Gasteiger partial charge in [-0.2, -0.15) is 0 Å². The standard InChI is InChI=1S/C14H17NO4/c1-19-12-4-2-10(3-5-12)6-7-15-9-11(14(17)18)8-13(15)16/h2-5,11H,6-9H2,1H3,(H,17,18)/p-1/t11-/m1/s1. The van der Waals surface area contributed by atoms with Crippen LogP contribution in [0.25, 0.3) is 0 Å². The average Bonchev–Trinajstić information content (AvgIpc) is 2.79. The molecule has 1 aromatic rings. The van der Waals surface area contributed by atoms with Gasteiger partial charge in [-0.15, -0.1) is 0 Å². The van der Waals surface area contributed by atoms with Crippen molar-refractivity contribution in [3.05, 3.63) is 29.8 Å². The van der Waals surface area contributed by atoms with Gasteiger partial charge in [-0.25, -0.2) is 0 Å². The normalized spacial score (nSPS) is 18.7. The summed E-state index contributed by atoms with van der Waals surface area (Å²) in [5.74, 6) is -1.12. The number of methoxy groups -OCH3 is 1. The molecule has 0 aromatic heterocycles. The Bertz CT molecular complexity index is 469. The molecule has 5 nitrogen and oxygen atoms in total. The van der Waals surface area contributed by atoms with Gasteiger partial charge in [0.05, 0.1) is 7.11 Å². The van der Waals surface area contributed by atoms with E-state index in [0.29, 0.717) is 13.0 Å². The van der Waals surface area contributed by atoms with Gasteiger partial charge in [0.2, 0.25) is 5.91 Å². The highest BCUT2D eigenvalue weighted by atomic mass is 16.5. The Kier molecular flexibility index (Phi) is 4.04. The van der Waals surface area contributed by atoms with E-state index in [1.807, 2.05) is 24.3 Å². The fourth-order valence-electron chi connectivity index (χ4n) is 2.20. The largest absolute Gasteiger partial charge is 0.550 e. The second-order valence-corrected chi connectivity index (χ2v) is 4.66. The summed E-state index contributed by atoms with van der Waals surface area (Å²) in [5, 5.41) is 10.7. The van der Waals surface area contributed by atoms with Crippen molar-refractivity contribution in [2.45, 2.75) is 12.8 Å². The first kappa shape index (κ1) is 13.4. The molecule has 2 rings (SSSR count). The molecule has 1 aromatic carbocycles. The number of carbonyl (C=O) groups is 2. The third-order valence-electron chi connectivity index (χ3n) is 3.38. The van der Waals surface area contributed by atoms with Crippen LogP contribution in [0.2, 0.25) is 0 Å². The van der Waals surface area contributed by atoms with Crippen LogP contribution in [0, 0.1) is 5.92 Å². The minimum atomic E-state index is -1.14. The molecule has 1 heterocycles. The van der Waals surface area contributed by atoms with Crippen molar-refractivity contribution < 1.29 is 19.4 Å². The summed E-state index contributed by atoms with van der Waals surface area (Å²) in [5.41, 5.74) is 1.09. The van der Waals surface area contributed by atoms with E-state index in [9.17, 15) is 14.7 Å². The van der Waals surface area contributed by atoms with Crippen LogP contribution in [0.3, 0.4) is 0 Å². The Morgan fingerprint density at radius 1 is 1.42 bits per heavy atom. The van der Waals surface area contributed by atoms with E-state index in [4.69, 9.17) is 4.74 Å². The third-order valence-corrected chi connectivity index (χ3v) is 3.38. The molecule has 1 atom stereocenters. The van der Waals surface area contributed by atoms with Gasteiger partial charge < -0.3 is 19.5 Å². The minimum absolute atomic E-state index is 0.0605. The molecular formula is C14H16NO4-. The monoisotopic (exact) mass is 262 g/mol. The molecule has 0 N–H and O–H groups in total. The molecule has 0 unspecified atom stereocenters. The number of likely N-dealkylation sites (tertiary alicyclic amines) is 1. The third kappa shape index (κ3) is 3.24.